The van der Waals surface area contributed by atoms with Crippen LogP contribution in [0, 0.1) is 5.41 Å². The third-order valence-electron chi connectivity index (χ3n) is 3.43. The number of aliphatic hydroxyl groups excluding tert-OH is 1. The molecule has 0 aliphatic heterocycles. The monoisotopic (exact) mass is 325 g/mol. The van der Waals surface area contributed by atoms with Crippen LogP contribution in [0.25, 0.3) is 0 Å². The van der Waals surface area contributed by atoms with E-state index in [9.17, 15) is 9.90 Å². The zero-order chi connectivity index (χ0) is 15.8. The highest BCUT2D eigenvalue weighted by molar-refractivity contribution is 6.39. The molecule has 21 heavy (non-hydrogen) atoms. The van der Waals surface area contributed by atoms with Crippen molar-refractivity contribution in [1.82, 2.24) is 0 Å². The molecular weight excluding hydrogens is 309 g/mol. The Morgan fingerprint density at radius 3 is 2.33 bits per heavy atom. The molecule has 1 N–H and O–H groups in total. The largest absolute Gasteiger partial charge is 0.511 e. The van der Waals surface area contributed by atoms with Gasteiger partial charge in [-0.15, -0.1) is 0 Å². The molecule has 0 fully saturated rings. The molecule has 1 aliphatic carbocycles. The first-order valence-corrected chi connectivity index (χ1v) is 7.42. The van der Waals surface area contributed by atoms with Gasteiger partial charge in [0.25, 0.3) is 0 Å². The minimum Gasteiger partial charge on any atom is -0.511 e. The summed E-state index contributed by atoms with van der Waals surface area (Å²) < 4.78 is 0. The molecule has 0 saturated carbocycles. The van der Waals surface area contributed by atoms with Crippen LogP contribution < -0.4 is 0 Å². The minimum atomic E-state index is -0.229. The van der Waals surface area contributed by atoms with Crippen molar-refractivity contribution in [2.75, 3.05) is 0 Å². The number of hydrogen-bond acceptors (Lipinski definition) is 3. The van der Waals surface area contributed by atoms with Crippen molar-refractivity contribution in [3.05, 3.63) is 39.6 Å². The summed E-state index contributed by atoms with van der Waals surface area (Å²) in [7, 11) is 0. The number of aliphatic hydroxyl groups is 1. The van der Waals surface area contributed by atoms with E-state index in [0.717, 1.165) is 0 Å². The maximum absolute atomic E-state index is 12.3. The van der Waals surface area contributed by atoms with Gasteiger partial charge in [0.05, 0.1) is 21.3 Å². The van der Waals surface area contributed by atoms with Gasteiger partial charge in [-0.2, -0.15) is 0 Å². The summed E-state index contributed by atoms with van der Waals surface area (Å²) in [4.78, 5) is 16.6. The van der Waals surface area contributed by atoms with Crippen LogP contribution in [0.1, 0.15) is 33.6 Å². The Labute approximate surface area is 134 Å². The Morgan fingerprint density at radius 2 is 1.81 bits per heavy atom. The molecule has 0 radical (unpaired) electrons. The molecule has 1 aliphatic rings. The average molecular weight is 326 g/mol. The topological polar surface area (TPSA) is 49.7 Å². The number of allylic oxidation sites excluding steroid dienone is 2. The number of carbonyl (C=O) groups excluding carboxylic acids is 1. The van der Waals surface area contributed by atoms with Crippen molar-refractivity contribution in [2.24, 2.45) is 10.4 Å². The lowest BCUT2D eigenvalue weighted by Crippen LogP contribution is -2.28. The van der Waals surface area contributed by atoms with E-state index in [-0.39, 0.29) is 22.5 Å². The summed E-state index contributed by atoms with van der Waals surface area (Å²) in [6.45, 7) is 5.59. The van der Waals surface area contributed by atoms with Gasteiger partial charge in [0, 0.05) is 12.8 Å². The summed E-state index contributed by atoms with van der Waals surface area (Å²) in [5, 5.41) is 11.0. The number of aliphatic imine (C=N–C) groups is 1. The van der Waals surface area contributed by atoms with Crippen molar-refractivity contribution in [2.45, 2.75) is 33.6 Å². The lowest BCUT2D eigenvalue weighted by molar-refractivity contribution is -0.117. The van der Waals surface area contributed by atoms with E-state index in [1.54, 1.807) is 25.1 Å². The predicted octanol–water partition coefficient (Wildman–Crippen LogP) is 5.29. The highest BCUT2D eigenvalue weighted by atomic mass is 35.5. The van der Waals surface area contributed by atoms with Gasteiger partial charge in [-0.25, -0.2) is 4.99 Å². The second kappa shape index (κ2) is 5.82. The number of carbonyl (C=O) groups is 1. The van der Waals surface area contributed by atoms with Gasteiger partial charge >= 0.3 is 0 Å². The van der Waals surface area contributed by atoms with Gasteiger partial charge < -0.3 is 5.11 Å². The summed E-state index contributed by atoms with van der Waals surface area (Å²) in [6, 6.07) is 5.09. The quantitative estimate of drug-likeness (QED) is 0.751. The fourth-order valence-electron chi connectivity index (χ4n) is 2.52. The molecule has 0 unspecified atom stereocenters. The number of benzene rings is 1. The fraction of sp³-hybridized carbons (Fsp3) is 0.375. The van der Waals surface area contributed by atoms with Gasteiger partial charge in [-0.05, 0) is 24.5 Å². The first kappa shape index (κ1) is 16.1. The van der Waals surface area contributed by atoms with E-state index in [1.165, 1.54) is 0 Å². The molecule has 0 atom stereocenters. The first-order chi connectivity index (χ1) is 9.71. The summed E-state index contributed by atoms with van der Waals surface area (Å²) in [6.07, 6.45) is 0.840. The van der Waals surface area contributed by atoms with E-state index in [2.05, 4.69) is 4.99 Å². The van der Waals surface area contributed by atoms with Crippen LogP contribution in [-0.2, 0) is 4.79 Å². The summed E-state index contributed by atoms with van der Waals surface area (Å²) >= 11 is 12.2. The lowest BCUT2D eigenvalue weighted by atomic mass is 9.76. The van der Waals surface area contributed by atoms with Crippen molar-refractivity contribution in [3.8, 4) is 0 Å². The number of rotatable bonds is 2. The molecule has 3 nitrogen and oxygen atoms in total. The Kier molecular flexibility index (Phi) is 4.45. The van der Waals surface area contributed by atoms with Crippen LogP contribution >= 0.6 is 23.2 Å². The van der Waals surface area contributed by atoms with E-state index in [0.29, 0.717) is 34.3 Å². The number of ketones is 1. The zero-order valence-corrected chi connectivity index (χ0v) is 13.7. The highest BCUT2D eigenvalue weighted by Crippen LogP contribution is 2.38. The van der Waals surface area contributed by atoms with Crippen molar-refractivity contribution < 1.29 is 9.90 Å². The molecule has 0 bridgehead atoms. The molecule has 1 aromatic rings. The van der Waals surface area contributed by atoms with Crippen molar-refractivity contribution >= 4 is 40.4 Å². The van der Waals surface area contributed by atoms with Crippen LogP contribution in [0.3, 0.4) is 0 Å². The van der Waals surface area contributed by atoms with Gasteiger partial charge in [0.1, 0.15) is 11.4 Å². The first-order valence-electron chi connectivity index (χ1n) is 6.66. The van der Waals surface area contributed by atoms with Crippen molar-refractivity contribution in [1.29, 1.82) is 0 Å². The van der Waals surface area contributed by atoms with Crippen LogP contribution in [-0.4, -0.2) is 16.6 Å². The Hall–Kier alpha value is -1.32. The zero-order valence-electron chi connectivity index (χ0n) is 12.2. The molecule has 0 spiro atoms. The molecule has 1 aromatic carbocycles. The number of nitrogens with zero attached hydrogens (tertiary/aromatic N) is 1. The van der Waals surface area contributed by atoms with Crippen LogP contribution in [0.4, 0.5) is 5.69 Å². The fourth-order valence-corrected chi connectivity index (χ4v) is 3.00. The smallest absolute Gasteiger partial charge is 0.168 e. The highest BCUT2D eigenvalue weighted by Gasteiger charge is 2.34. The predicted molar refractivity (Wildman–Crippen MR) is 86.9 cm³/mol. The molecule has 0 saturated heterocycles. The molecular formula is C16H17Cl2NO2. The number of Topliss-reactive ketones (excluding diaryl/α,β-unsaturated/α-hetero) is 1. The third-order valence-corrected chi connectivity index (χ3v) is 4.04. The maximum Gasteiger partial charge on any atom is 0.168 e. The summed E-state index contributed by atoms with van der Waals surface area (Å²) in [5.74, 6) is -0.0196. The van der Waals surface area contributed by atoms with Gasteiger partial charge in [0.15, 0.2) is 5.78 Å². The molecule has 0 aromatic heterocycles. The van der Waals surface area contributed by atoms with E-state index >= 15 is 0 Å². The number of halogens is 2. The van der Waals surface area contributed by atoms with Crippen LogP contribution in [0.5, 0.6) is 0 Å². The molecule has 2 rings (SSSR count). The standard InChI is InChI=1S/C16H17Cl2NO2/c1-9(19-15-10(17)5-4-6-11(15)18)14-12(20)7-16(2,3)8-13(14)21/h4-6,20H,7-8H2,1-3H3. The number of hydrogen-bond donors (Lipinski definition) is 1. The Bertz CT molecular complexity index is 640. The number of para-hydroxylation sites is 1. The second-order valence-corrected chi connectivity index (χ2v) is 6.84. The van der Waals surface area contributed by atoms with Crippen LogP contribution in [0.15, 0.2) is 34.5 Å². The van der Waals surface area contributed by atoms with Crippen LogP contribution in [0.2, 0.25) is 10.0 Å². The summed E-state index contributed by atoms with van der Waals surface area (Å²) in [5.41, 5.74) is 0.900. The molecule has 0 heterocycles. The minimum absolute atomic E-state index is 0.0840. The second-order valence-electron chi connectivity index (χ2n) is 6.03. The Balaban J connectivity index is 2.47. The Morgan fingerprint density at radius 1 is 1.24 bits per heavy atom. The maximum atomic E-state index is 12.3. The van der Waals surface area contributed by atoms with E-state index in [4.69, 9.17) is 23.2 Å². The van der Waals surface area contributed by atoms with Gasteiger partial charge in [0.2, 0.25) is 0 Å². The third kappa shape index (κ3) is 3.47. The average Bonchev–Trinajstić information content (AvgIpc) is 2.31. The SMILES string of the molecule is CC(=Nc1c(Cl)cccc1Cl)C1=C(O)CC(C)(C)CC1=O. The van der Waals surface area contributed by atoms with E-state index < -0.39 is 0 Å². The molecule has 0 amide bonds. The van der Waals surface area contributed by atoms with Gasteiger partial charge in [-0.3, -0.25) is 4.79 Å². The van der Waals surface area contributed by atoms with E-state index in [1.807, 2.05) is 13.8 Å². The molecule has 112 valence electrons. The normalized spacial score (nSPS) is 19.1. The lowest BCUT2D eigenvalue weighted by Gasteiger charge is -2.29. The van der Waals surface area contributed by atoms with Gasteiger partial charge in [-0.1, -0.05) is 43.1 Å². The molecule has 5 heteroatoms. The van der Waals surface area contributed by atoms with Crippen molar-refractivity contribution in [3.63, 3.8) is 0 Å².